The molecule has 102 valence electrons. The Morgan fingerprint density at radius 2 is 2.00 bits per heavy atom. The maximum absolute atomic E-state index is 12.1. The lowest BCUT2D eigenvalue weighted by Crippen LogP contribution is -2.16. The van der Waals surface area contributed by atoms with Crippen LogP contribution >= 0.6 is 11.6 Å². The molecular weight excluding hydrogens is 280 g/mol. The molecule has 0 radical (unpaired) electrons. The Morgan fingerprint density at radius 1 is 1.25 bits per heavy atom. The lowest BCUT2D eigenvalue weighted by molar-refractivity contribution is 0.0698. The molecule has 0 aliphatic heterocycles. The Kier molecular flexibility index (Phi) is 4.00. The topological polar surface area (TPSA) is 79.3 Å². The van der Waals surface area contributed by atoms with Crippen molar-refractivity contribution < 1.29 is 14.7 Å². The summed E-state index contributed by atoms with van der Waals surface area (Å²) in [7, 11) is 0. The number of aromatic carboxylic acids is 1. The number of rotatable bonds is 3. The molecule has 0 aliphatic rings. The minimum absolute atomic E-state index is 0.0139. The summed E-state index contributed by atoms with van der Waals surface area (Å²) >= 11 is 5.83. The van der Waals surface area contributed by atoms with Crippen LogP contribution in [0.2, 0.25) is 5.02 Å². The van der Waals surface area contributed by atoms with E-state index in [1.165, 1.54) is 18.5 Å². The molecular formula is C14H11ClN2O3. The molecule has 1 aromatic carbocycles. The second-order valence-corrected chi connectivity index (χ2v) is 4.58. The van der Waals surface area contributed by atoms with E-state index in [2.05, 4.69) is 10.3 Å². The number of amides is 1. The molecule has 20 heavy (non-hydrogen) atoms. The molecule has 0 saturated heterocycles. The number of benzene rings is 1. The van der Waals surface area contributed by atoms with Crippen LogP contribution in [0.5, 0.6) is 0 Å². The van der Waals surface area contributed by atoms with Crippen molar-refractivity contribution in [3.05, 3.63) is 58.4 Å². The standard InChI is InChI=1S/C14H11ClN2O3/c1-8-6-9(15)2-3-10(8)13(18)17-12-7-16-5-4-11(12)14(19)20/h2-7H,1H3,(H,17,18)(H,19,20). The molecule has 0 atom stereocenters. The van der Waals surface area contributed by atoms with E-state index >= 15 is 0 Å². The molecule has 5 nitrogen and oxygen atoms in total. The monoisotopic (exact) mass is 290 g/mol. The number of pyridine rings is 1. The van der Waals surface area contributed by atoms with Crippen LogP contribution in [0.15, 0.2) is 36.7 Å². The fourth-order valence-electron chi connectivity index (χ4n) is 1.75. The Morgan fingerprint density at radius 3 is 2.65 bits per heavy atom. The first-order valence-electron chi connectivity index (χ1n) is 5.74. The number of carboxylic acid groups (broad SMARTS) is 1. The van der Waals surface area contributed by atoms with Crippen molar-refractivity contribution in [3.8, 4) is 0 Å². The summed E-state index contributed by atoms with van der Waals surface area (Å²) < 4.78 is 0. The van der Waals surface area contributed by atoms with Gasteiger partial charge in [-0.1, -0.05) is 11.6 Å². The highest BCUT2D eigenvalue weighted by molar-refractivity contribution is 6.30. The van der Waals surface area contributed by atoms with Crippen LogP contribution in [-0.2, 0) is 0 Å². The zero-order valence-corrected chi connectivity index (χ0v) is 11.3. The summed E-state index contributed by atoms with van der Waals surface area (Å²) in [6, 6.07) is 6.18. The molecule has 0 unspecified atom stereocenters. The van der Waals surface area contributed by atoms with Crippen LogP contribution in [0.3, 0.4) is 0 Å². The van der Waals surface area contributed by atoms with Crippen LogP contribution in [0.25, 0.3) is 0 Å². The van der Waals surface area contributed by atoms with Gasteiger partial charge >= 0.3 is 5.97 Å². The highest BCUT2D eigenvalue weighted by atomic mass is 35.5. The Labute approximate surface area is 120 Å². The van der Waals surface area contributed by atoms with Crippen molar-refractivity contribution in [3.63, 3.8) is 0 Å². The summed E-state index contributed by atoms with van der Waals surface area (Å²) in [6.45, 7) is 1.75. The van der Waals surface area contributed by atoms with Crippen molar-refractivity contribution in [1.82, 2.24) is 4.98 Å². The van der Waals surface area contributed by atoms with Gasteiger partial charge in [-0.15, -0.1) is 0 Å². The maximum atomic E-state index is 12.1. The van der Waals surface area contributed by atoms with Gasteiger partial charge in [0.1, 0.15) is 0 Å². The van der Waals surface area contributed by atoms with Gasteiger partial charge in [0.05, 0.1) is 17.4 Å². The number of carbonyl (C=O) groups is 2. The summed E-state index contributed by atoms with van der Waals surface area (Å²) in [5, 5.41) is 12.1. The lowest BCUT2D eigenvalue weighted by Gasteiger charge is -2.09. The molecule has 1 aromatic heterocycles. The second kappa shape index (κ2) is 5.71. The van der Waals surface area contributed by atoms with Crippen molar-refractivity contribution in [1.29, 1.82) is 0 Å². The van der Waals surface area contributed by atoms with Gasteiger partial charge in [-0.2, -0.15) is 0 Å². The Hall–Kier alpha value is -2.40. The van der Waals surface area contributed by atoms with Gasteiger partial charge in [0.25, 0.3) is 5.91 Å². The van der Waals surface area contributed by atoms with Crippen molar-refractivity contribution in [2.75, 3.05) is 5.32 Å². The van der Waals surface area contributed by atoms with E-state index in [0.29, 0.717) is 16.1 Å². The maximum Gasteiger partial charge on any atom is 0.337 e. The third kappa shape index (κ3) is 2.95. The molecule has 0 fully saturated rings. The smallest absolute Gasteiger partial charge is 0.337 e. The van der Waals surface area contributed by atoms with E-state index in [-0.39, 0.29) is 11.3 Å². The van der Waals surface area contributed by atoms with Crippen molar-refractivity contribution in [2.24, 2.45) is 0 Å². The molecule has 0 bridgehead atoms. The zero-order valence-electron chi connectivity index (χ0n) is 10.6. The third-order valence-corrected chi connectivity index (χ3v) is 2.97. The van der Waals surface area contributed by atoms with E-state index in [1.54, 1.807) is 25.1 Å². The second-order valence-electron chi connectivity index (χ2n) is 4.14. The van der Waals surface area contributed by atoms with Crippen LogP contribution in [-0.4, -0.2) is 22.0 Å². The number of halogens is 1. The molecule has 6 heteroatoms. The number of aromatic nitrogens is 1. The fourth-order valence-corrected chi connectivity index (χ4v) is 1.98. The van der Waals surface area contributed by atoms with E-state index < -0.39 is 11.9 Å². The number of nitrogens with one attached hydrogen (secondary N) is 1. The minimum atomic E-state index is -1.13. The summed E-state index contributed by atoms with van der Waals surface area (Å²) in [5.74, 6) is -1.54. The van der Waals surface area contributed by atoms with Gasteiger partial charge in [-0.05, 0) is 36.8 Å². The number of hydrogen-bond donors (Lipinski definition) is 2. The van der Waals surface area contributed by atoms with Crippen LogP contribution in [0, 0.1) is 6.92 Å². The highest BCUT2D eigenvalue weighted by Gasteiger charge is 2.14. The first-order chi connectivity index (χ1) is 9.49. The molecule has 0 saturated carbocycles. The van der Waals surface area contributed by atoms with Crippen molar-refractivity contribution >= 4 is 29.2 Å². The predicted molar refractivity (Wildman–Crippen MR) is 75.3 cm³/mol. The van der Waals surface area contributed by atoms with Gasteiger partial charge in [0.15, 0.2) is 0 Å². The highest BCUT2D eigenvalue weighted by Crippen LogP contribution is 2.18. The molecule has 1 amide bonds. The average Bonchev–Trinajstić information content (AvgIpc) is 2.38. The fraction of sp³-hybridized carbons (Fsp3) is 0.0714. The largest absolute Gasteiger partial charge is 0.478 e. The van der Waals surface area contributed by atoms with Gasteiger partial charge in [0, 0.05) is 16.8 Å². The molecule has 2 aromatic rings. The third-order valence-electron chi connectivity index (χ3n) is 2.73. The lowest BCUT2D eigenvalue weighted by atomic mass is 10.1. The van der Waals surface area contributed by atoms with Gasteiger partial charge in [-0.3, -0.25) is 9.78 Å². The predicted octanol–water partition coefficient (Wildman–Crippen LogP) is 2.99. The van der Waals surface area contributed by atoms with Crippen LogP contribution in [0.1, 0.15) is 26.3 Å². The summed E-state index contributed by atoms with van der Waals surface area (Å²) in [4.78, 5) is 27.0. The number of anilines is 1. The average molecular weight is 291 g/mol. The van der Waals surface area contributed by atoms with Gasteiger partial charge < -0.3 is 10.4 Å². The van der Waals surface area contributed by atoms with Crippen LogP contribution < -0.4 is 5.32 Å². The first kappa shape index (κ1) is 14.0. The number of nitrogens with zero attached hydrogens (tertiary/aromatic N) is 1. The molecule has 0 spiro atoms. The normalized spacial score (nSPS) is 10.1. The molecule has 2 rings (SSSR count). The summed E-state index contributed by atoms with van der Waals surface area (Å²) in [5.41, 5.74) is 1.27. The molecule has 1 heterocycles. The minimum Gasteiger partial charge on any atom is -0.478 e. The van der Waals surface area contributed by atoms with E-state index in [1.807, 2.05) is 0 Å². The molecule has 2 N–H and O–H groups in total. The SMILES string of the molecule is Cc1cc(Cl)ccc1C(=O)Nc1cnccc1C(=O)O. The Bertz CT molecular complexity index is 686. The zero-order chi connectivity index (χ0) is 14.7. The first-order valence-corrected chi connectivity index (χ1v) is 6.11. The van der Waals surface area contributed by atoms with E-state index in [9.17, 15) is 9.59 Å². The van der Waals surface area contributed by atoms with E-state index in [4.69, 9.17) is 16.7 Å². The van der Waals surface area contributed by atoms with Crippen LogP contribution in [0.4, 0.5) is 5.69 Å². The number of carbonyl (C=O) groups excluding carboxylic acids is 1. The summed E-state index contributed by atoms with van der Waals surface area (Å²) in [6.07, 6.45) is 2.65. The number of hydrogen-bond acceptors (Lipinski definition) is 3. The molecule has 0 aliphatic carbocycles. The van der Waals surface area contributed by atoms with Crippen molar-refractivity contribution in [2.45, 2.75) is 6.92 Å². The van der Waals surface area contributed by atoms with Gasteiger partial charge in [0.2, 0.25) is 0 Å². The Balaban J connectivity index is 2.30. The number of aryl methyl sites for hydroxylation is 1. The quantitative estimate of drug-likeness (QED) is 0.911. The van der Waals surface area contributed by atoms with E-state index in [0.717, 1.165) is 0 Å². The number of carboxylic acids is 1. The van der Waals surface area contributed by atoms with Gasteiger partial charge in [-0.25, -0.2) is 4.79 Å².